The van der Waals surface area contributed by atoms with Crippen LogP contribution in [0.5, 0.6) is 0 Å². The van der Waals surface area contributed by atoms with Crippen molar-refractivity contribution in [1.82, 2.24) is 9.88 Å². The van der Waals surface area contributed by atoms with Crippen LogP contribution in [-0.2, 0) is 11.2 Å². The molecule has 126 valence electrons. The van der Waals surface area contributed by atoms with Gasteiger partial charge in [0.25, 0.3) is 0 Å². The molecule has 5 heteroatoms. The second kappa shape index (κ2) is 8.91. The molecule has 0 N–H and O–H groups in total. The van der Waals surface area contributed by atoms with E-state index in [0.717, 1.165) is 12.0 Å². The van der Waals surface area contributed by atoms with E-state index in [2.05, 4.69) is 4.98 Å². The number of ketones is 1. The number of carbonyl (C=O) groups excluding carboxylic acids is 2. The number of amides is 1. The third-order valence-corrected chi connectivity index (χ3v) is 3.87. The Hall–Kier alpha value is -2.56. The van der Waals surface area contributed by atoms with Crippen molar-refractivity contribution >= 4 is 11.7 Å². The maximum atomic E-state index is 12.8. The number of Topliss-reactive ketones (excluding diaryl/α,β-unsaturated/α-hetero) is 1. The summed E-state index contributed by atoms with van der Waals surface area (Å²) >= 11 is 0. The molecule has 0 spiro atoms. The van der Waals surface area contributed by atoms with Gasteiger partial charge in [0.1, 0.15) is 5.82 Å². The Balaban J connectivity index is 1.70. The zero-order chi connectivity index (χ0) is 17.4. The number of hydrogen-bond donors (Lipinski definition) is 0. The smallest absolute Gasteiger partial charge is 0.222 e. The summed E-state index contributed by atoms with van der Waals surface area (Å²) in [5.41, 5.74) is 1.62. The van der Waals surface area contributed by atoms with Crippen molar-refractivity contribution in [2.24, 2.45) is 0 Å². The Morgan fingerprint density at radius 1 is 1.04 bits per heavy atom. The topological polar surface area (TPSA) is 50.3 Å². The van der Waals surface area contributed by atoms with Gasteiger partial charge in [0, 0.05) is 44.4 Å². The van der Waals surface area contributed by atoms with Gasteiger partial charge in [-0.2, -0.15) is 0 Å². The Morgan fingerprint density at radius 3 is 2.38 bits per heavy atom. The molecule has 0 saturated carbocycles. The SMILES string of the molecule is CN(CCc1ccncc1)C(=O)CCCC(=O)c1ccc(F)cc1. The molecular weight excluding hydrogens is 307 g/mol. The Kier molecular flexibility index (Phi) is 6.61. The Morgan fingerprint density at radius 2 is 1.71 bits per heavy atom. The molecule has 0 unspecified atom stereocenters. The maximum Gasteiger partial charge on any atom is 0.222 e. The first-order chi connectivity index (χ1) is 11.6. The summed E-state index contributed by atoms with van der Waals surface area (Å²) in [7, 11) is 1.77. The van der Waals surface area contributed by atoms with Crippen molar-refractivity contribution in [3.05, 3.63) is 65.7 Å². The molecule has 4 nitrogen and oxygen atoms in total. The molecule has 1 amide bonds. The van der Waals surface area contributed by atoms with Gasteiger partial charge in [-0.3, -0.25) is 14.6 Å². The van der Waals surface area contributed by atoms with Crippen LogP contribution in [-0.4, -0.2) is 35.2 Å². The minimum absolute atomic E-state index is 0.0240. The number of carbonyl (C=O) groups is 2. The largest absolute Gasteiger partial charge is 0.345 e. The number of likely N-dealkylation sites (N-methyl/N-ethyl adjacent to an activating group) is 1. The molecule has 0 aliphatic heterocycles. The molecule has 0 bridgehead atoms. The number of hydrogen-bond acceptors (Lipinski definition) is 3. The summed E-state index contributed by atoms with van der Waals surface area (Å²) in [5, 5.41) is 0. The maximum absolute atomic E-state index is 12.8. The first-order valence-corrected chi connectivity index (χ1v) is 7.98. The van der Waals surface area contributed by atoms with E-state index in [9.17, 15) is 14.0 Å². The molecule has 1 aromatic carbocycles. The molecule has 0 aliphatic carbocycles. The molecule has 0 aliphatic rings. The summed E-state index contributed by atoms with van der Waals surface area (Å²) < 4.78 is 12.8. The molecule has 24 heavy (non-hydrogen) atoms. The van der Waals surface area contributed by atoms with Crippen molar-refractivity contribution in [3.8, 4) is 0 Å². The summed E-state index contributed by atoms with van der Waals surface area (Å²) in [4.78, 5) is 29.7. The van der Waals surface area contributed by atoms with Crippen LogP contribution in [0, 0.1) is 5.82 Å². The fourth-order valence-electron chi connectivity index (χ4n) is 2.34. The molecular formula is C19H21FN2O2. The van der Waals surface area contributed by atoms with E-state index in [1.54, 1.807) is 24.3 Å². The van der Waals surface area contributed by atoms with Crippen LogP contribution in [0.3, 0.4) is 0 Å². The fourth-order valence-corrected chi connectivity index (χ4v) is 2.34. The highest BCUT2D eigenvalue weighted by molar-refractivity contribution is 5.96. The summed E-state index contributed by atoms with van der Waals surface area (Å²) in [5.74, 6) is -0.407. The van der Waals surface area contributed by atoms with Gasteiger partial charge in [-0.05, 0) is 54.8 Å². The van der Waals surface area contributed by atoms with Gasteiger partial charge in [-0.25, -0.2) is 4.39 Å². The second-order valence-corrected chi connectivity index (χ2v) is 5.70. The van der Waals surface area contributed by atoms with Crippen LogP contribution < -0.4 is 0 Å². The minimum Gasteiger partial charge on any atom is -0.345 e. The zero-order valence-electron chi connectivity index (χ0n) is 13.7. The molecule has 0 saturated heterocycles. The van der Waals surface area contributed by atoms with Crippen molar-refractivity contribution in [2.45, 2.75) is 25.7 Å². The number of pyridine rings is 1. The van der Waals surface area contributed by atoms with Gasteiger partial charge in [-0.15, -0.1) is 0 Å². The lowest BCUT2D eigenvalue weighted by molar-refractivity contribution is -0.129. The molecule has 1 aromatic heterocycles. The van der Waals surface area contributed by atoms with Crippen molar-refractivity contribution < 1.29 is 14.0 Å². The number of benzene rings is 1. The highest BCUT2D eigenvalue weighted by Crippen LogP contribution is 2.09. The number of nitrogens with zero attached hydrogens (tertiary/aromatic N) is 2. The minimum atomic E-state index is -0.363. The van der Waals surface area contributed by atoms with E-state index in [-0.39, 0.29) is 23.9 Å². The van der Waals surface area contributed by atoms with Crippen LogP contribution in [0.25, 0.3) is 0 Å². The summed E-state index contributed by atoms with van der Waals surface area (Å²) in [6.07, 6.45) is 5.36. The normalized spacial score (nSPS) is 10.4. The van der Waals surface area contributed by atoms with Crippen molar-refractivity contribution in [2.75, 3.05) is 13.6 Å². The van der Waals surface area contributed by atoms with Gasteiger partial charge in [-0.1, -0.05) is 0 Å². The average Bonchev–Trinajstić information content (AvgIpc) is 2.61. The van der Waals surface area contributed by atoms with E-state index < -0.39 is 0 Å². The van der Waals surface area contributed by atoms with Gasteiger partial charge >= 0.3 is 0 Å². The zero-order valence-corrected chi connectivity index (χ0v) is 13.7. The number of rotatable bonds is 8. The van der Waals surface area contributed by atoms with Crippen LogP contribution in [0.4, 0.5) is 4.39 Å². The third kappa shape index (κ3) is 5.57. The van der Waals surface area contributed by atoms with Gasteiger partial charge in [0.2, 0.25) is 5.91 Å². The Bertz CT molecular complexity index is 672. The van der Waals surface area contributed by atoms with Crippen molar-refractivity contribution in [3.63, 3.8) is 0 Å². The van der Waals surface area contributed by atoms with Crippen LogP contribution >= 0.6 is 0 Å². The van der Waals surface area contributed by atoms with Crippen LogP contribution in [0.2, 0.25) is 0 Å². The quantitative estimate of drug-likeness (QED) is 0.699. The third-order valence-electron chi connectivity index (χ3n) is 3.87. The second-order valence-electron chi connectivity index (χ2n) is 5.70. The van der Waals surface area contributed by atoms with E-state index in [1.807, 2.05) is 12.1 Å². The molecule has 2 aromatic rings. The molecule has 0 radical (unpaired) electrons. The summed E-state index contributed by atoms with van der Waals surface area (Å²) in [6, 6.07) is 9.34. The average molecular weight is 328 g/mol. The predicted molar refractivity (Wildman–Crippen MR) is 90.2 cm³/mol. The number of halogens is 1. The van der Waals surface area contributed by atoms with Crippen molar-refractivity contribution in [1.29, 1.82) is 0 Å². The first-order valence-electron chi connectivity index (χ1n) is 7.98. The molecule has 0 atom stereocenters. The fraction of sp³-hybridized carbons (Fsp3) is 0.316. The monoisotopic (exact) mass is 328 g/mol. The highest BCUT2D eigenvalue weighted by atomic mass is 19.1. The lowest BCUT2D eigenvalue weighted by atomic mass is 10.1. The standard InChI is InChI=1S/C19H21FN2O2/c1-22(14-11-15-9-12-21-13-10-15)19(24)4-2-3-18(23)16-5-7-17(20)8-6-16/h5-10,12-13H,2-4,11,14H2,1H3. The molecule has 1 heterocycles. The van der Waals surface area contributed by atoms with E-state index in [0.29, 0.717) is 24.9 Å². The van der Waals surface area contributed by atoms with Gasteiger partial charge < -0.3 is 4.90 Å². The molecule has 2 rings (SSSR count). The van der Waals surface area contributed by atoms with Crippen LogP contribution in [0.15, 0.2) is 48.8 Å². The Labute approximate surface area is 141 Å². The van der Waals surface area contributed by atoms with Crippen LogP contribution in [0.1, 0.15) is 35.2 Å². The lowest BCUT2D eigenvalue weighted by Crippen LogP contribution is -2.28. The lowest BCUT2D eigenvalue weighted by Gasteiger charge is -2.17. The van der Waals surface area contributed by atoms with E-state index in [1.165, 1.54) is 24.3 Å². The highest BCUT2D eigenvalue weighted by Gasteiger charge is 2.11. The van der Waals surface area contributed by atoms with E-state index in [4.69, 9.17) is 0 Å². The predicted octanol–water partition coefficient (Wildman–Crippen LogP) is 3.27. The molecule has 0 fully saturated rings. The number of aromatic nitrogens is 1. The first kappa shape index (κ1) is 17.8. The summed E-state index contributed by atoms with van der Waals surface area (Å²) in [6.45, 7) is 0.634. The van der Waals surface area contributed by atoms with Gasteiger partial charge in [0.05, 0.1) is 0 Å². The van der Waals surface area contributed by atoms with Gasteiger partial charge in [0.15, 0.2) is 5.78 Å². The van der Waals surface area contributed by atoms with E-state index >= 15 is 0 Å².